The zero-order valence-electron chi connectivity index (χ0n) is 11.4. The van der Waals surface area contributed by atoms with E-state index in [4.69, 9.17) is 5.11 Å². The van der Waals surface area contributed by atoms with Crippen molar-refractivity contribution in [2.24, 2.45) is 0 Å². The summed E-state index contributed by atoms with van der Waals surface area (Å²) < 4.78 is 0. The first-order valence-corrected chi connectivity index (χ1v) is 6.96. The number of anilines is 1. The minimum absolute atomic E-state index is 0.00618. The van der Waals surface area contributed by atoms with Crippen molar-refractivity contribution in [2.75, 3.05) is 18.0 Å². The molecular weight excluding hydrogens is 256 g/mol. The SMILES string of the molecule is O=C(O)CCCN(CC(=O)NC1CC1)c1ccccc1. The first kappa shape index (κ1) is 14.4. The summed E-state index contributed by atoms with van der Waals surface area (Å²) in [5.74, 6) is -0.799. The highest BCUT2D eigenvalue weighted by Gasteiger charge is 2.24. The molecule has 1 saturated carbocycles. The fraction of sp³-hybridized carbons (Fsp3) is 0.467. The van der Waals surface area contributed by atoms with Crippen molar-refractivity contribution in [1.82, 2.24) is 5.32 Å². The predicted octanol–water partition coefficient (Wildman–Crippen LogP) is 1.64. The van der Waals surface area contributed by atoms with Crippen molar-refractivity contribution in [2.45, 2.75) is 31.7 Å². The molecule has 2 rings (SSSR count). The summed E-state index contributed by atoms with van der Waals surface area (Å²) in [5.41, 5.74) is 0.948. The summed E-state index contributed by atoms with van der Waals surface area (Å²) in [6.45, 7) is 0.842. The molecule has 1 amide bonds. The van der Waals surface area contributed by atoms with Gasteiger partial charge in [0.2, 0.25) is 5.91 Å². The van der Waals surface area contributed by atoms with E-state index < -0.39 is 5.97 Å². The Balaban J connectivity index is 1.91. The van der Waals surface area contributed by atoms with Gasteiger partial charge in [0.1, 0.15) is 0 Å². The molecule has 0 saturated heterocycles. The number of carbonyl (C=O) groups is 2. The highest BCUT2D eigenvalue weighted by molar-refractivity contribution is 5.81. The van der Waals surface area contributed by atoms with Crippen LogP contribution < -0.4 is 10.2 Å². The zero-order valence-corrected chi connectivity index (χ0v) is 11.4. The quantitative estimate of drug-likeness (QED) is 0.757. The summed E-state index contributed by atoms with van der Waals surface area (Å²) in [5, 5.41) is 11.7. The van der Waals surface area contributed by atoms with Crippen molar-refractivity contribution < 1.29 is 14.7 Å². The maximum absolute atomic E-state index is 11.9. The number of amides is 1. The van der Waals surface area contributed by atoms with Crippen LogP contribution in [0.15, 0.2) is 30.3 Å². The molecular formula is C15H20N2O3. The van der Waals surface area contributed by atoms with Gasteiger partial charge in [0, 0.05) is 24.7 Å². The Bertz CT molecular complexity index is 457. The molecule has 0 radical (unpaired) electrons. The van der Waals surface area contributed by atoms with Crippen LogP contribution in [-0.2, 0) is 9.59 Å². The third-order valence-electron chi connectivity index (χ3n) is 3.22. The first-order chi connectivity index (χ1) is 9.65. The maximum atomic E-state index is 11.9. The molecule has 1 aromatic rings. The Labute approximate surface area is 118 Å². The number of rotatable bonds is 8. The number of benzene rings is 1. The van der Waals surface area contributed by atoms with Gasteiger partial charge in [-0.25, -0.2) is 0 Å². The summed E-state index contributed by atoms with van der Waals surface area (Å²) in [6.07, 6.45) is 2.78. The Morgan fingerprint density at radius 1 is 1.25 bits per heavy atom. The van der Waals surface area contributed by atoms with Crippen LogP contribution in [0.2, 0.25) is 0 Å². The molecule has 0 spiro atoms. The minimum atomic E-state index is -0.805. The van der Waals surface area contributed by atoms with Crippen LogP contribution >= 0.6 is 0 Å². The topological polar surface area (TPSA) is 69.6 Å². The Morgan fingerprint density at radius 3 is 2.55 bits per heavy atom. The molecule has 108 valence electrons. The lowest BCUT2D eigenvalue weighted by atomic mass is 10.2. The molecule has 1 aromatic carbocycles. The van der Waals surface area contributed by atoms with E-state index in [1.54, 1.807) is 0 Å². The molecule has 0 aromatic heterocycles. The highest BCUT2D eigenvalue weighted by Crippen LogP contribution is 2.19. The second-order valence-corrected chi connectivity index (χ2v) is 5.10. The predicted molar refractivity (Wildman–Crippen MR) is 76.7 cm³/mol. The van der Waals surface area contributed by atoms with E-state index in [1.807, 2.05) is 35.2 Å². The lowest BCUT2D eigenvalue weighted by molar-refractivity contribution is -0.137. The third kappa shape index (κ3) is 4.91. The van der Waals surface area contributed by atoms with Crippen molar-refractivity contribution >= 4 is 17.6 Å². The summed E-state index contributed by atoms with van der Waals surface area (Å²) in [7, 11) is 0. The van der Waals surface area contributed by atoms with Gasteiger partial charge in [0.05, 0.1) is 6.54 Å². The van der Waals surface area contributed by atoms with Crippen LogP contribution in [0.25, 0.3) is 0 Å². The number of carboxylic acid groups (broad SMARTS) is 1. The monoisotopic (exact) mass is 276 g/mol. The minimum Gasteiger partial charge on any atom is -0.481 e. The number of aliphatic carboxylic acids is 1. The molecule has 5 nitrogen and oxygen atoms in total. The highest BCUT2D eigenvalue weighted by atomic mass is 16.4. The van der Waals surface area contributed by atoms with Gasteiger partial charge in [0.15, 0.2) is 0 Å². The molecule has 0 aliphatic heterocycles. The Kier molecular flexibility index (Phi) is 4.98. The van der Waals surface area contributed by atoms with Crippen LogP contribution in [0.1, 0.15) is 25.7 Å². The molecule has 2 N–H and O–H groups in total. The molecule has 1 fully saturated rings. The molecule has 1 aliphatic carbocycles. The maximum Gasteiger partial charge on any atom is 0.303 e. The van der Waals surface area contributed by atoms with Gasteiger partial charge in [-0.3, -0.25) is 9.59 Å². The normalized spacial score (nSPS) is 13.8. The third-order valence-corrected chi connectivity index (χ3v) is 3.22. The number of hydrogen-bond acceptors (Lipinski definition) is 3. The average Bonchev–Trinajstić information content (AvgIpc) is 3.22. The van der Waals surface area contributed by atoms with Gasteiger partial charge < -0.3 is 15.3 Å². The standard InChI is InChI=1S/C15H20N2O3/c18-14(16-12-8-9-12)11-17(10-4-7-15(19)20)13-5-2-1-3-6-13/h1-3,5-6,12H,4,7-11H2,(H,16,18)(H,19,20). The molecule has 0 atom stereocenters. The van der Waals surface area contributed by atoms with Gasteiger partial charge >= 0.3 is 5.97 Å². The first-order valence-electron chi connectivity index (χ1n) is 6.96. The summed E-state index contributed by atoms with van der Waals surface area (Å²) in [4.78, 5) is 24.4. The van der Waals surface area contributed by atoms with Crippen LogP contribution in [0.3, 0.4) is 0 Å². The van der Waals surface area contributed by atoms with E-state index in [0.717, 1.165) is 18.5 Å². The smallest absolute Gasteiger partial charge is 0.303 e. The fourth-order valence-electron chi connectivity index (χ4n) is 2.03. The van der Waals surface area contributed by atoms with Gasteiger partial charge in [-0.05, 0) is 31.4 Å². The Hall–Kier alpha value is -2.04. The fourth-order valence-corrected chi connectivity index (χ4v) is 2.03. The molecule has 0 unspecified atom stereocenters. The van der Waals surface area contributed by atoms with E-state index >= 15 is 0 Å². The van der Waals surface area contributed by atoms with E-state index in [2.05, 4.69) is 5.32 Å². The number of carboxylic acids is 1. The van der Waals surface area contributed by atoms with E-state index in [-0.39, 0.29) is 18.9 Å². The molecule has 1 aliphatic rings. The van der Waals surface area contributed by atoms with Gasteiger partial charge in [-0.15, -0.1) is 0 Å². The summed E-state index contributed by atoms with van der Waals surface area (Å²) >= 11 is 0. The Morgan fingerprint density at radius 2 is 1.95 bits per heavy atom. The number of para-hydroxylation sites is 1. The van der Waals surface area contributed by atoms with Gasteiger partial charge in [0.25, 0.3) is 0 Å². The number of nitrogens with one attached hydrogen (secondary N) is 1. The van der Waals surface area contributed by atoms with Crippen LogP contribution in [0.4, 0.5) is 5.69 Å². The van der Waals surface area contributed by atoms with Crippen LogP contribution in [0, 0.1) is 0 Å². The van der Waals surface area contributed by atoms with E-state index in [9.17, 15) is 9.59 Å². The van der Waals surface area contributed by atoms with Crippen LogP contribution in [-0.4, -0.2) is 36.1 Å². The molecule has 5 heteroatoms. The number of hydrogen-bond donors (Lipinski definition) is 2. The van der Waals surface area contributed by atoms with E-state index in [0.29, 0.717) is 19.0 Å². The van der Waals surface area contributed by atoms with Gasteiger partial charge in [-0.1, -0.05) is 18.2 Å². The number of carbonyl (C=O) groups excluding carboxylic acids is 1. The van der Waals surface area contributed by atoms with Crippen molar-refractivity contribution in [3.8, 4) is 0 Å². The van der Waals surface area contributed by atoms with Crippen molar-refractivity contribution in [3.05, 3.63) is 30.3 Å². The average molecular weight is 276 g/mol. The summed E-state index contributed by atoms with van der Waals surface area (Å²) in [6, 6.07) is 9.97. The molecule has 0 bridgehead atoms. The van der Waals surface area contributed by atoms with Gasteiger partial charge in [-0.2, -0.15) is 0 Å². The van der Waals surface area contributed by atoms with Crippen LogP contribution in [0.5, 0.6) is 0 Å². The van der Waals surface area contributed by atoms with Crippen molar-refractivity contribution in [1.29, 1.82) is 0 Å². The second kappa shape index (κ2) is 6.93. The second-order valence-electron chi connectivity index (χ2n) is 5.10. The zero-order chi connectivity index (χ0) is 14.4. The lowest BCUT2D eigenvalue weighted by Crippen LogP contribution is -2.38. The molecule has 20 heavy (non-hydrogen) atoms. The largest absolute Gasteiger partial charge is 0.481 e. The van der Waals surface area contributed by atoms with Crippen molar-refractivity contribution in [3.63, 3.8) is 0 Å². The number of nitrogens with zero attached hydrogens (tertiary/aromatic N) is 1. The lowest BCUT2D eigenvalue weighted by Gasteiger charge is -2.24. The van der Waals surface area contributed by atoms with E-state index in [1.165, 1.54) is 0 Å². The molecule has 0 heterocycles.